The van der Waals surface area contributed by atoms with Gasteiger partial charge in [0.25, 0.3) is 0 Å². The second kappa shape index (κ2) is 5.46. The molecule has 0 amide bonds. The standard InChI is InChI=1S/C12H21N3O/c1-9(2)11-7-10(3-6-16-11)15-8-12-13-4-5-14-12/h4-5,9-11,15H,3,6-8H2,1-2H3,(H,13,14). The molecule has 4 nitrogen and oxygen atoms in total. The smallest absolute Gasteiger partial charge is 0.120 e. The molecule has 1 saturated heterocycles. The molecule has 2 heterocycles. The van der Waals surface area contributed by atoms with Gasteiger partial charge in [-0.05, 0) is 18.8 Å². The summed E-state index contributed by atoms with van der Waals surface area (Å²) in [4.78, 5) is 7.31. The number of aromatic amines is 1. The first-order chi connectivity index (χ1) is 7.75. The first-order valence-corrected chi connectivity index (χ1v) is 6.09. The molecule has 0 radical (unpaired) electrons. The van der Waals surface area contributed by atoms with E-state index in [1.165, 1.54) is 0 Å². The van der Waals surface area contributed by atoms with Gasteiger partial charge in [-0.3, -0.25) is 0 Å². The van der Waals surface area contributed by atoms with Gasteiger partial charge in [0.2, 0.25) is 0 Å². The Kier molecular flexibility index (Phi) is 3.96. The van der Waals surface area contributed by atoms with Crippen molar-refractivity contribution in [1.82, 2.24) is 15.3 Å². The number of nitrogens with zero attached hydrogens (tertiary/aromatic N) is 1. The number of aromatic nitrogens is 2. The number of ether oxygens (including phenoxy) is 1. The highest BCUT2D eigenvalue weighted by Crippen LogP contribution is 2.20. The maximum absolute atomic E-state index is 5.74. The Morgan fingerprint density at radius 2 is 2.50 bits per heavy atom. The summed E-state index contributed by atoms with van der Waals surface area (Å²) in [7, 11) is 0. The van der Waals surface area contributed by atoms with Gasteiger partial charge in [0.1, 0.15) is 5.82 Å². The monoisotopic (exact) mass is 223 g/mol. The summed E-state index contributed by atoms with van der Waals surface area (Å²) in [5, 5.41) is 3.54. The molecule has 1 aromatic rings. The Morgan fingerprint density at radius 3 is 3.19 bits per heavy atom. The van der Waals surface area contributed by atoms with Crippen LogP contribution in [0.4, 0.5) is 0 Å². The van der Waals surface area contributed by atoms with Crippen LogP contribution in [0.3, 0.4) is 0 Å². The summed E-state index contributed by atoms with van der Waals surface area (Å²) < 4.78 is 5.74. The van der Waals surface area contributed by atoms with Gasteiger partial charge >= 0.3 is 0 Å². The van der Waals surface area contributed by atoms with Crippen LogP contribution in [0.1, 0.15) is 32.5 Å². The van der Waals surface area contributed by atoms with Crippen molar-refractivity contribution in [1.29, 1.82) is 0 Å². The van der Waals surface area contributed by atoms with Gasteiger partial charge in [0, 0.05) is 25.0 Å². The Hall–Kier alpha value is -0.870. The van der Waals surface area contributed by atoms with E-state index in [-0.39, 0.29) is 0 Å². The van der Waals surface area contributed by atoms with Crippen molar-refractivity contribution in [2.24, 2.45) is 5.92 Å². The second-order valence-corrected chi connectivity index (χ2v) is 4.79. The van der Waals surface area contributed by atoms with Crippen LogP contribution in [0.2, 0.25) is 0 Å². The van der Waals surface area contributed by atoms with Gasteiger partial charge in [-0.25, -0.2) is 4.98 Å². The van der Waals surface area contributed by atoms with Crippen molar-refractivity contribution in [3.8, 4) is 0 Å². The zero-order valence-corrected chi connectivity index (χ0v) is 10.1. The van der Waals surface area contributed by atoms with Crippen LogP contribution in [0, 0.1) is 5.92 Å². The lowest BCUT2D eigenvalue weighted by molar-refractivity contribution is -0.0246. The van der Waals surface area contributed by atoms with E-state index in [0.29, 0.717) is 18.1 Å². The van der Waals surface area contributed by atoms with Crippen LogP contribution < -0.4 is 5.32 Å². The molecule has 2 unspecified atom stereocenters. The van der Waals surface area contributed by atoms with E-state index in [0.717, 1.165) is 31.8 Å². The van der Waals surface area contributed by atoms with Gasteiger partial charge in [-0.15, -0.1) is 0 Å². The summed E-state index contributed by atoms with van der Waals surface area (Å²) in [6.07, 6.45) is 6.26. The highest BCUT2D eigenvalue weighted by atomic mass is 16.5. The molecule has 0 spiro atoms. The van der Waals surface area contributed by atoms with E-state index in [2.05, 4.69) is 29.1 Å². The van der Waals surface area contributed by atoms with Gasteiger partial charge < -0.3 is 15.0 Å². The van der Waals surface area contributed by atoms with Crippen molar-refractivity contribution in [3.05, 3.63) is 18.2 Å². The molecule has 0 saturated carbocycles. The SMILES string of the molecule is CC(C)C1CC(NCc2ncc[nH]2)CCO1. The fourth-order valence-corrected chi connectivity index (χ4v) is 2.11. The summed E-state index contributed by atoms with van der Waals surface area (Å²) in [5.74, 6) is 1.61. The van der Waals surface area contributed by atoms with E-state index < -0.39 is 0 Å². The second-order valence-electron chi connectivity index (χ2n) is 4.79. The summed E-state index contributed by atoms with van der Waals surface area (Å²) in [5.41, 5.74) is 0. The molecule has 0 aromatic carbocycles. The Morgan fingerprint density at radius 1 is 1.62 bits per heavy atom. The predicted molar refractivity (Wildman–Crippen MR) is 63.0 cm³/mol. The van der Waals surface area contributed by atoms with Crippen LogP contribution in [0.15, 0.2) is 12.4 Å². The number of nitrogens with one attached hydrogen (secondary N) is 2. The van der Waals surface area contributed by atoms with Crippen LogP contribution >= 0.6 is 0 Å². The molecule has 0 bridgehead atoms. The van der Waals surface area contributed by atoms with Crippen molar-refractivity contribution < 1.29 is 4.74 Å². The molecular formula is C12H21N3O. The molecule has 1 fully saturated rings. The highest BCUT2D eigenvalue weighted by molar-refractivity contribution is 4.88. The molecule has 90 valence electrons. The number of H-pyrrole nitrogens is 1. The normalized spacial score (nSPS) is 26.2. The third-order valence-electron chi connectivity index (χ3n) is 3.17. The number of hydrogen-bond acceptors (Lipinski definition) is 3. The van der Waals surface area contributed by atoms with Crippen LogP contribution in [-0.4, -0.2) is 28.7 Å². The lowest BCUT2D eigenvalue weighted by atomic mass is 9.95. The lowest BCUT2D eigenvalue weighted by Crippen LogP contribution is -2.40. The van der Waals surface area contributed by atoms with Gasteiger partial charge in [-0.1, -0.05) is 13.8 Å². The fourth-order valence-electron chi connectivity index (χ4n) is 2.11. The maximum Gasteiger partial charge on any atom is 0.120 e. The van der Waals surface area contributed by atoms with Crippen molar-refractivity contribution in [2.45, 2.75) is 45.4 Å². The van der Waals surface area contributed by atoms with Crippen molar-refractivity contribution >= 4 is 0 Å². The average Bonchev–Trinajstić information content (AvgIpc) is 2.79. The molecule has 1 aliphatic heterocycles. The van der Waals surface area contributed by atoms with Gasteiger partial charge in [-0.2, -0.15) is 0 Å². The summed E-state index contributed by atoms with van der Waals surface area (Å²) in [6.45, 7) is 6.14. The topological polar surface area (TPSA) is 49.9 Å². The van der Waals surface area contributed by atoms with Crippen molar-refractivity contribution in [2.75, 3.05) is 6.61 Å². The number of rotatable bonds is 4. The first-order valence-electron chi connectivity index (χ1n) is 6.09. The molecule has 2 rings (SSSR count). The zero-order chi connectivity index (χ0) is 11.4. The van der Waals surface area contributed by atoms with E-state index in [4.69, 9.17) is 4.74 Å². The molecule has 16 heavy (non-hydrogen) atoms. The van der Waals surface area contributed by atoms with E-state index >= 15 is 0 Å². The minimum Gasteiger partial charge on any atom is -0.378 e. The first kappa shape index (κ1) is 11.6. The molecule has 1 aliphatic rings. The van der Waals surface area contributed by atoms with Crippen LogP contribution in [-0.2, 0) is 11.3 Å². The minimum atomic E-state index is 0.405. The zero-order valence-electron chi connectivity index (χ0n) is 10.1. The summed E-state index contributed by atoms with van der Waals surface area (Å²) in [6, 6.07) is 0.561. The quantitative estimate of drug-likeness (QED) is 0.817. The predicted octanol–water partition coefficient (Wildman–Crippen LogP) is 1.70. The van der Waals surface area contributed by atoms with Crippen LogP contribution in [0.25, 0.3) is 0 Å². The van der Waals surface area contributed by atoms with Crippen molar-refractivity contribution in [3.63, 3.8) is 0 Å². The lowest BCUT2D eigenvalue weighted by Gasteiger charge is -2.32. The van der Waals surface area contributed by atoms with E-state index in [1.807, 2.05) is 6.20 Å². The summed E-state index contributed by atoms with van der Waals surface area (Å²) >= 11 is 0. The Labute approximate surface area is 96.8 Å². The molecular weight excluding hydrogens is 202 g/mol. The minimum absolute atomic E-state index is 0.405. The molecule has 2 atom stereocenters. The number of imidazole rings is 1. The highest BCUT2D eigenvalue weighted by Gasteiger charge is 2.24. The maximum atomic E-state index is 5.74. The van der Waals surface area contributed by atoms with E-state index in [1.54, 1.807) is 6.20 Å². The number of hydrogen-bond donors (Lipinski definition) is 2. The Balaban J connectivity index is 1.77. The average molecular weight is 223 g/mol. The third-order valence-corrected chi connectivity index (χ3v) is 3.17. The molecule has 1 aromatic heterocycles. The largest absolute Gasteiger partial charge is 0.378 e. The Bertz CT molecular complexity index is 297. The van der Waals surface area contributed by atoms with Crippen LogP contribution in [0.5, 0.6) is 0 Å². The van der Waals surface area contributed by atoms with Gasteiger partial charge in [0.15, 0.2) is 0 Å². The van der Waals surface area contributed by atoms with E-state index in [9.17, 15) is 0 Å². The van der Waals surface area contributed by atoms with Gasteiger partial charge in [0.05, 0.1) is 12.6 Å². The molecule has 0 aliphatic carbocycles. The fraction of sp³-hybridized carbons (Fsp3) is 0.750. The molecule has 2 N–H and O–H groups in total. The third kappa shape index (κ3) is 3.06. The molecule has 4 heteroatoms.